The molecule has 1 aliphatic carbocycles. The minimum atomic E-state index is -0.168. The van der Waals surface area contributed by atoms with E-state index >= 15 is 0 Å². The molecule has 0 spiro atoms. The minimum absolute atomic E-state index is 0.168. The molecule has 0 aromatic heterocycles. The van der Waals surface area contributed by atoms with Crippen LogP contribution < -0.4 is 5.19 Å². The van der Waals surface area contributed by atoms with Crippen LogP contribution in [0.5, 0.6) is 0 Å². The van der Waals surface area contributed by atoms with Crippen molar-refractivity contribution in [1.82, 2.24) is 0 Å². The Bertz CT molecular complexity index is 492. The van der Waals surface area contributed by atoms with E-state index in [1.54, 1.807) is 10.8 Å². The molecular formula is C17H24Si. The molecule has 0 radical (unpaired) electrons. The average molecular weight is 256 g/mol. The Balaban J connectivity index is 2.05. The fourth-order valence-corrected chi connectivity index (χ4v) is 4.81. The molecule has 0 saturated carbocycles. The molecule has 2 rings (SSSR count). The predicted molar refractivity (Wildman–Crippen MR) is 84.5 cm³/mol. The van der Waals surface area contributed by atoms with Crippen molar-refractivity contribution in [3.8, 4) is 0 Å². The first kappa shape index (κ1) is 13.4. The molecule has 0 unspecified atom stereocenters. The Hall–Kier alpha value is -1.08. The van der Waals surface area contributed by atoms with Gasteiger partial charge in [-0.1, -0.05) is 61.0 Å². The van der Waals surface area contributed by atoms with Crippen LogP contribution in [0.25, 0.3) is 0 Å². The van der Waals surface area contributed by atoms with Gasteiger partial charge in [-0.05, 0) is 42.9 Å². The molecular weight excluding hydrogens is 232 g/mol. The van der Waals surface area contributed by atoms with Crippen LogP contribution in [-0.2, 0) is 0 Å². The van der Waals surface area contributed by atoms with Gasteiger partial charge in [-0.2, -0.15) is 0 Å². The molecule has 0 amide bonds. The number of hydrogen-bond acceptors (Lipinski definition) is 0. The van der Waals surface area contributed by atoms with Crippen molar-refractivity contribution in [3.63, 3.8) is 0 Å². The topological polar surface area (TPSA) is 0 Å². The molecule has 0 bridgehead atoms. The smallest absolute Gasteiger partial charge is 0.0559 e. The number of benzene rings is 1. The molecule has 1 aliphatic rings. The second-order valence-electron chi connectivity index (χ2n) is 6.07. The zero-order valence-corrected chi connectivity index (χ0v) is 13.5. The Morgan fingerprint density at radius 2 is 2.00 bits per heavy atom. The summed E-state index contributed by atoms with van der Waals surface area (Å²) in [5, 5.41) is 1.65. The van der Waals surface area contributed by atoms with Crippen molar-refractivity contribution >= 4 is 14.7 Å². The van der Waals surface area contributed by atoms with Crippen LogP contribution in [0.2, 0.25) is 6.04 Å². The lowest BCUT2D eigenvalue weighted by atomic mass is 9.85. The largest absolute Gasteiger partial charge is 0.0804 e. The fourth-order valence-electron chi connectivity index (χ4n) is 2.64. The molecule has 0 atom stereocenters. The van der Waals surface area contributed by atoms with Gasteiger partial charge in [0.25, 0.3) is 0 Å². The SMILES string of the molecule is Cc1cccc([SiH2]CC(C)(C)C2=CC=CC2)c1C. The van der Waals surface area contributed by atoms with Gasteiger partial charge in [0.1, 0.15) is 0 Å². The first-order valence-corrected chi connectivity index (χ1v) is 8.63. The molecule has 18 heavy (non-hydrogen) atoms. The quantitative estimate of drug-likeness (QED) is 0.724. The third-order valence-corrected chi connectivity index (χ3v) is 7.18. The predicted octanol–water partition coefficient (Wildman–Crippen LogP) is 3.43. The van der Waals surface area contributed by atoms with Gasteiger partial charge in [-0.3, -0.25) is 0 Å². The van der Waals surface area contributed by atoms with E-state index in [-0.39, 0.29) is 9.52 Å². The van der Waals surface area contributed by atoms with Crippen molar-refractivity contribution in [2.75, 3.05) is 0 Å². The van der Waals surface area contributed by atoms with Gasteiger partial charge in [0.15, 0.2) is 0 Å². The summed E-state index contributed by atoms with van der Waals surface area (Å²) >= 11 is 0. The molecule has 1 heteroatoms. The second-order valence-corrected chi connectivity index (χ2v) is 7.83. The highest BCUT2D eigenvalue weighted by Crippen LogP contribution is 2.35. The van der Waals surface area contributed by atoms with Crippen molar-refractivity contribution in [2.24, 2.45) is 5.41 Å². The number of allylic oxidation sites excluding steroid dienone is 4. The molecule has 0 fully saturated rings. The van der Waals surface area contributed by atoms with Crippen molar-refractivity contribution in [1.29, 1.82) is 0 Å². The van der Waals surface area contributed by atoms with E-state index in [1.807, 2.05) is 0 Å². The lowest BCUT2D eigenvalue weighted by molar-refractivity contribution is 0.495. The maximum Gasteiger partial charge on any atom is 0.0559 e. The normalized spacial score (nSPS) is 15.7. The van der Waals surface area contributed by atoms with Crippen LogP contribution in [0.15, 0.2) is 42.0 Å². The van der Waals surface area contributed by atoms with Gasteiger partial charge in [0, 0.05) is 0 Å². The van der Waals surface area contributed by atoms with Gasteiger partial charge in [0.2, 0.25) is 0 Å². The van der Waals surface area contributed by atoms with E-state index in [9.17, 15) is 0 Å². The zero-order valence-electron chi connectivity index (χ0n) is 12.1. The molecule has 0 saturated heterocycles. The summed E-state index contributed by atoms with van der Waals surface area (Å²) in [7, 11) is -0.168. The summed E-state index contributed by atoms with van der Waals surface area (Å²) in [5.74, 6) is 0. The van der Waals surface area contributed by atoms with E-state index in [2.05, 4.69) is 64.1 Å². The summed E-state index contributed by atoms with van der Waals surface area (Å²) in [6.45, 7) is 9.32. The van der Waals surface area contributed by atoms with Gasteiger partial charge in [-0.15, -0.1) is 0 Å². The van der Waals surface area contributed by atoms with E-state index in [0.29, 0.717) is 5.41 Å². The lowest BCUT2D eigenvalue weighted by Crippen LogP contribution is -2.25. The van der Waals surface area contributed by atoms with Gasteiger partial charge < -0.3 is 0 Å². The average Bonchev–Trinajstić information content (AvgIpc) is 2.85. The number of hydrogen-bond donors (Lipinski definition) is 0. The van der Waals surface area contributed by atoms with Crippen LogP contribution >= 0.6 is 0 Å². The summed E-state index contributed by atoms with van der Waals surface area (Å²) < 4.78 is 0. The maximum absolute atomic E-state index is 2.41. The van der Waals surface area contributed by atoms with E-state index in [4.69, 9.17) is 0 Å². The highest BCUT2D eigenvalue weighted by molar-refractivity contribution is 6.54. The van der Waals surface area contributed by atoms with Crippen LogP contribution in [-0.4, -0.2) is 9.52 Å². The molecule has 0 N–H and O–H groups in total. The Morgan fingerprint density at radius 1 is 1.22 bits per heavy atom. The van der Waals surface area contributed by atoms with E-state index in [1.165, 1.54) is 17.2 Å². The first-order valence-electron chi connectivity index (χ1n) is 6.92. The molecule has 0 nitrogen and oxygen atoms in total. The van der Waals surface area contributed by atoms with E-state index < -0.39 is 0 Å². The van der Waals surface area contributed by atoms with Crippen molar-refractivity contribution < 1.29 is 0 Å². The van der Waals surface area contributed by atoms with E-state index in [0.717, 1.165) is 6.42 Å². The summed E-state index contributed by atoms with van der Waals surface area (Å²) in [6, 6.07) is 8.15. The van der Waals surface area contributed by atoms with Gasteiger partial charge >= 0.3 is 0 Å². The zero-order chi connectivity index (χ0) is 13.2. The van der Waals surface area contributed by atoms with Crippen LogP contribution in [0.3, 0.4) is 0 Å². The van der Waals surface area contributed by atoms with Gasteiger partial charge in [0.05, 0.1) is 9.52 Å². The molecule has 0 aliphatic heterocycles. The fraction of sp³-hybridized carbons (Fsp3) is 0.412. The Kier molecular flexibility index (Phi) is 3.91. The third-order valence-electron chi connectivity index (χ3n) is 4.38. The minimum Gasteiger partial charge on any atom is -0.0804 e. The first-order chi connectivity index (χ1) is 8.50. The second kappa shape index (κ2) is 5.27. The molecule has 96 valence electrons. The van der Waals surface area contributed by atoms with Crippen molar-refractivity contribution in [3.05, 3.63) is 53.1 Å². The highest BCUT2D eigenvalue weighted by Gasteiger charge is 2.23. The van der Waals surface area contributed by atoms with Crippen molar-refractivity contribution in [2.45, 2.75) is 40.2 Å². The number of aryl methyl sites for hydroxylation is 1. The standard InChI is InChI=1S/C17H24Si/c1-13-8-7-11-16(14(13)2)18-12-17(3,4)15-9-5-6-10-15/h5-9,11H,10,12,18H2,1-4H3. The summed E-state index contributed by atoms with van der Waals surface area (Å²) in [6.07, 6.45) is 7.96. The third kappa shape index (κ3) is 2.84. The van der Waals surface area contributed by atoms with Crippen LogP contribution in [0.1, 0.15) is 31.4 Å². The summed E-state index contributed by atoms with van der Waals surface area (Å²) in [5.41, 5.74) is 4.96. The molecule has 0 heterocycles. The van der Waals surface area contributed by atoms with Crippen LogP contribution in [0, 0.1) is 19.3 Å². The van der Waals surface area contributed by atoms with Gasteiger partial charge in [-0.25, -0.2) is 0 Å². The highest BCUT2D eigenvalue weighted by atomic mass is 28.2. The van der Waals surface area contributed by atoms with Crippen LogP contribution in [0.4, 0.5) is 0 Å². The molecule has 1 aromatic carbocycles. The Morgan fingerprint density at radius 3 is 2.67 bits per heavy atom. The Labute approximate surface area is 114 Å². The summed E-state index contributed by atoms with van der Waals surface area (Å²) in [4.78, 5) is 0. The lowest BCUT2D eigenvalue weighted by Gasteiger charge is -2.27. The monoisotopic (exact) mass is 256 g/mol. The number of rotatable bonds is 4. The molecule has 1 aromatic rings. The maximum atomic E-state index is 2.41.